The minimum atomic E-state index is -1.22. The maximum atomic E-state index is 12.9. The zero-order chi connectivity index (χ0) is 18.4. The van der Waals surface area contributed by atoms with E-state index in [-0.39, 0.29) is 18.4 Å². The minimum Gasteiger partial charge on any atom is -0.465 e. The summed E-state index contributed by atoms with van der Waals surface area (Å²) in [6.45, 7) is 7.69. The Morgan fingerprint density at radius 1 is 1.20 bits per heavy atom. The van der Waals surface area contributed by atoms with E-state index < -0.39 is 29.4 Å². The lowest BCUT2D eigenvalue weighted by Gasteiger charge is -2.28. The van der Waals surface area contributed by atoms with E-state index in [4.69, 9.17) is 4.74 Å². The number of amides is 2. The van der Waals surface area contributed by atoms with Gasteiger partial charge in [0.1, 0.15) is 5.54 Å². The van der Waals surface area contributed by atoms with Crippen LogP contribution in [0.25, 0.3) is 0 Å². The Morgan fingerprint density at radius 3 is 2.40 bits per heavy atom. The molecule has 0 aromatic heterocycles. The number of fused-ring (bicyclic) bond motifs is 1. The average Bonchev–Trinajstić information content (AvgIpc) is 3.03. The third-order valence-electron chi connectivity index (χ3n) is 5.33. The zero-order valence-electron chi connectivity index (χ0n) is 15.0. The van der Waals surface area contributed by atoms with Crippen molar-refractivity contribution in [2.24, 2.45) is 11.8 Å². The Bertz CT molecular complexity index is 715. The summed E-state index contributed by atoms with van der Waals surface area (Å²) < 4.78 is 5.21. The van der Waals surface area contributed by atoms with Crippen LogP contribution in [-0.2, 0) is 19.1 Å². The SMILES string of the molecule is CCOC(=O)[C@]1(C)N[C@H](c2ccc(C)cc2)[C@@H]2C(=O)N(CC)C(=O)[C@@H]21. The molecule has 1 aromatic carbocycles. The van der Waals surface area contributed by atoms with E-state index in [0.29, 0.717) is 6.54 Å². The largest absolute Gasteiger partial charge is 0.465 e. The third-order valence-corrected chi connectivity index (χ3v) is 5.33. The van der Waals surface area contributed by atoms with Crippen molar-refractivity contribution in [1.29, 1.82) is 0 Å². The number of nitrogens with zero attached hydrogens (tertiary/aromatic N) is 1. The molecule has 0 radical (unpaired) electrons. The van der Waals surface area contributed by atoms with Crippen molar-refractivity contribution in [1.82, 2.24) is 10.2 Å². The lowest BCUT2D eigenvalue weighted by molar-refractivity contribution is -0.155. The molecule has 2 aliphatic heterocycles. The number of rotatable bonds is 4. The molecule has 1 N–H and O–H groups in total. The Kier molecular flexibility index (Phi) is 4.41. The van der Waals surface area contributed by atoms with E-state index in [1.165, 1.54) is 4.90 Å². The fraction of sp³-hybridized carbons (Fsp3) is 0.526. The van der Waals surface area contributed by atoms with Crippen LogP contribution in [0, 0.1) is 18.8 Å². The molecule has 0 unspecified atom stereocenters. The number of hydrogen-bond donors (Lipinski definition) is 1. The molecule has 2 amide bonds. The second-order valence-corrected chi connectivity index (χ2v) is 6.88. The molecular weight excluding hydrogens is 320 g/mol. The standard InChI is InChI=1S/C19H24N2O4/c1-5-21-16(22)13-14(17(21)23)19(4,18(24)25-6-2)20-15(13)12-9-7-11(3)8-10-12/h7-10,13-15,20H,5-6H2,1-4H3/t13-,14-,15-,19-/m1/s1. The fourth-order valence-corrected chi connectivity index (χ4v) is 4.04. The van der Waals surface area contributed by atoms with E-state index in [1.807, 2.05) is 31.2 Å². The van der Waals surface area contributed by atoms with Crippen LogP contribution >= 0.6 is 0 Å². The molecule has 3 rings (SSSR count). The van der Waals surface area contributed by atoms with Crippen molar-refractivity contribution in [3.8, 4) is 0 Å². The molecule has 134 valence electrons. The molecule has 2 saturated heterocycles. The van der Waals surface area contributed by atoms with Crippen LogP contribution in [0.3, 0.4) is 0 Å². The minimum absolute atomic E-state index is 0.219. The lowest BCUT2D eigenvalue weighted by atomic mass is 9.80. The van der Waals surface area contributed by atoms with Crippen molar-refractivity contribution in [2.45, 2.75) is 39.3 Å². The van der Waals surface area contributed by atoms with Gasteiger partial charge < -0.3 is 4.74 Å². The van der Waals surface area contributed by atoms with Gasteiger partial charge in [-0.3, -0.25) is 24.6 Å². The van der Waals surface area contributed by atoms with E-state index in [1.54, 1.807) is 20.8 Å². The van der Waals surface area contributed by atoms with E-state index in [0.717, 1.165) is 11.1 Å². The number of aryl methyl sites for hydroxylation is 1. The molecule has 2 aliphatic rings. The summed E-state index contributed by atoms with van der Waals surface area (Å²) in [6, 6.07) is 7.41. The molecule has 0 aliphatic carbocycles. The quantitative estimate of drug-likeness (QED) is 0.663. The Labute approximate surface area is 147 Å². The first-order valence-corrected chi connectivity index (χ1v) is 8.71. The lowest BCUT2D eigenvalue weighted by Crippen LogP contribution is -2.54. The summed E-state index contributed by atoms with van der Waals surface area (Å²) in [4.78, 5) is 39.6. The summed E-state index contributed by atoms with van der Waals surface area (Å²) in [5.74, 6) is -2.34. The molecule has 0 saturated carbocycles. The number of ether oxygens (including phenoxy) is 1. The van der Waals surface area contributed by atoms with Gasteiger partial charge in [0.25, 0.3) is 0 Å². The van der Waals surface area contributed by atoms with Crippen LogP contribution in [0.4, 0.5) is 0 Å². The van der Waals surface area contributed by atoms with Crippen molar-refractivity contribution < 1.29 is 19.1 Å². The zero-order valence-corrected chi connectivity index (χ0v) is 15.0. The number of hydrogen-bond acceptors (Lipinski definition) is 5. The van der Waals surface area contributed by atoms with Gasteiger partial charge in [-0.15, -0.1) is 0 Å². The number of benzene rings is 1. The fourth-order valence-electron chi connectivity index (χ4n) is 4.04. The van der Waals surface area contributed by atoms with Gasteiger partial charge >= 0.3 is 5.97 Å². The Hall–Kier alpha value is -2.21. The summed E-state index contributed by atoms with van der Waals surface area (Å²) in [6.07, 6.45) is 0. The van der Waals surface area contributed by atoms with Gasteiger partial charge in [0.15, 0.2) is 0 Å². The predicted octanol–water partition coefficient (Wildman–Crippen LogP) is 1.58. The summed E-state index contributed by atoms with van der Waals surface area (Å²) >= 11 is 0. The number of imide groups is 1. The van der Waals surface area contributed by atoms with Gasteiger partial charge in [-0.05, 0) is 33.3 Å². The van der Waals surface area contributed by atoms with Gasteiger partial charge in [-0.1, -0.05) is 29.8 Å². The highest BCUT2D eigenvalue weighted by molar-refractivity contribution is 6.09. The van der Waals surface area contributed by atoms with Crippen LogP contribution in [0.2, 0.25) is 0 Å². The second-order valence-electron chi connectivity index (χ2n) is 6.88. The summed E-state index contributed by atoms with van der Waals surface area (Å²) in [5.41, 5.74) is 0.788. The molecule has 6 nitrogen and oxygen atoms in total. The predicted molar refractivity (Wildman–Crippen MR) is 91.5 cm³/mol. The molecule has 2 heterocycles. The third kappa shape index (κ3) is 2.56. The van der Waals surface area contributed by atoms with Gasteiger partial charge in [0, 0.05) is 12.6 Å². The van der Waals surface area contributed by atoms with Crippen molar-refractivity contribution >= 4 is 17.8 Å². The van der Waals surface area contributed by atoms with Gasteiger partial charge in [-0.2, -0.15) is 0 Å². The van der Waals surface area contributed by atoms with Gasteiger partial charge in [-0.25, -0.2) is 0 Å². The van der Waals surface area contributed by atoms with Gasteiger partial charge in [0.05, 0.1) is 18.4 Å². The monoisotopic (exact) mass is 344 g/mol. The molecule has 2 fully saturated rings. The molecule has 6 heteroatoms. The maximum absolute atomic E-state index is 12.9. The Balaban J connectivity index is 2.07. The van der Waals surface area contributed by atoms with Gasteiger partial charge in [0.2, 0.25) is 11.8 Å². The molecule has 0 spiro atoms. The molecule has 25 heavy (non-hydrogen) atoms. The summed E-state index contributed by atoms with van der Waals surface area (Å²) in [5, 5.41) is 3.25. The normalized spacial score (nSPS) is 31.4. The number of likely N-dealkylation sites (tertiary alicyclic amines) is 1. The highest BCUT2D eigenvalue weighted by Gasteiger charge is 2.66. The molecule has 1 aromatic rings. The topological polar surface area (TPSA) is 75.7 Å². The summed E-state index contributed by atoms with van der Waals surface area (Å²) in [7, 11) is 0. The van der Waals surface area contributed by atoms with E-state index in [2.05, 4.69) is 5.32 Å². The highest BCUT2D eigenvalue weighted by Crippen LogP contribution is 2.48. The second kappa shape index (κ2) is 6.26. The van der Waals surface area contributed by atoms with Crippen LogP contribution in [-0.4, -0.2) is 41.4 Å². The number of carbonyl (C=O) groups excluding carboxylic acids is 3. The molecule has 4 atom stereocenters. The van der Waals surface area contributed by atoms with Crippen molar-refractivity contribution in [3.63, 3.8) is 0 Å². The van der Waals surface area contributed by atoms with Crippen LogP contribution in [0.1, 0.15) is 37.9 Å². The average molecular weight is 344 g/mol. The Morgan fingerprint density at radius 2 is 1.84 bits per heavy atom. The van der Waals surface area contributed by atoms with Crippen LogP contribution in [0.5, 0.6) is 0 Å². The molecular formula is C19H24N2O4. The van der Waals surface area contributed by atoms with Crippen LogP contribution < -0.4 is 5.32 Å². The number of nitrogens with one attached hydrogen (secondary N) is 1. The van der Waals surface area contributed by atoms with Crippen LogP contribution in [0.15, 0.2) is 24.3 Å². The number of carbonyl (C=O) groups is 3. The molecule has 0 bridgehead atoms. The van der Waals surface area contributed by atoms with E-state index in [9.17, 15) is 14.4 Å². The first kappa shape index (κ1) is 17.6. The van der Waals surface area contributed by atoms with Crippen molar-refractivity contribution in [2.75, 3.05) is 13.2 Å². The van der Waals surface area contributed by atoms with E-state index >= 15 is 0 Å². The highest BCUT2D eigenvalue weighted by atomic mass is 16.5. The smallest absolute Gasteiger partial charge is 0.326 e. The van der Waals surface area contributed by atoms with Crippen molar-refractivity contribution in [3.05, 3.63) is 35.4 Å². The first-order valence-electron chi connectivity index (χ1n) is 8.71. The number of esters is 1. The maximum Gasteiger partial charge on any atom is 0.326 e. The first-order chi connectivity index (χ1) is 11.8.